The van der Waals surface area contributed by atoms with E-state index < -0.39 is 0 Å². The molecule has 0 radical (unpaired) electrons. The first kappa shape index (κ1) is 21.6. The molecule has 1 saturated heterocycles. The van der Waals surface area contributed by atoms with E-state index in [1.54, 1.807) is 22.9 Å². The zero-order chi connectivity index (χ0) is 23.3. The zero-order valence-corrected chi connectivity index (χ0v) is 19.6. The number of amides is 2. The summed E-state index contributed by atoms with van der Waals surface area (Å²) in [4.78, 5) is 40.9. The lowest BCUT2D eigenvalue weighted by Crippen LogP contribution is -2.56. The van der Waals surface area contributed by atoms with Crippen molar-refractivity contribution in [3.63, 3.8) is 0 Å². The monoisotopic (exact) mass is 459 g/mol. The van der Waals surface area contributed by atoms with Gasteiger partial charge >= 0.3 is 0 Å². The molecule has 1 atom stereocenters. The average molecular weight is 460 g/mol. The maximum atomic E-state index is 13.8. The molecule has 1 aromatic heterocycles. The number of benzene rings is 1. The molecule has 2 heterocycles. The number of nitrogens with zero attached hydrogens (tertiary/aromatic N) is 2. The lowest BCUT2D eigenvalue weighted by Gasteiger charge is -2.56. The van der Waals surface area contributed by atoms with Crippen molar-refractivity contribution in [1.29, 1.82) is 0 Å². The van der Waals surface area contributed by atoms with Gasteiger partial charge in [0, 0.05) is 24.5 Å². The van der Waals surface area contributed by atoms with Gasteiger partial charge in [0.15, 0.2) is 0 Å². The molecule has 2 amide bonds. The lowest BCUT2D eigenvalue weighted by molar-refractivity contribution is -0.160. The molecule has 5 aliphatic rings. The van der Waals surface area contributed by atoms with Crippen LogP contribution in [0.25, 0.3) is 0 Å². The SMILES string of the molecule is O=C(Nc1ccc(Cn2ccccc2=O)cc1)C1CCCN1C(=O)C12CC3CC(CC(C3)C1)C2. The normalized spacial score (nSPS) is 31.6. The molecule has 1 aromatic carbocycles. The van der Waals surface area contributed by atoms with Crippen LogP contribution < -0.4 is 10.9 Å². The van der Waals surface area contributed by atoms with Gasteiger partial charge in [-0.25, -0.2) is 0 Å². The van der Waals surface area contributed by atoms with E-state index in [1.165, 1.54) is 19.3 Å². The quantitative estimate of drug-likeness (QED) is 0.734. The summed E-state index contributed by atoms with van der Waals surface area (Å²) in [7, 11) is 0. The van der Waals surface area contributed by atoms with E-state index in [0.717, 1.165) is 61.1 Å². The Labute approximate surface area is 200 Å². The van der Waals surface area contributed by atoms with Gasteiger partial charge in [0.05, 0.1) is 12.0 Å². The molecule has 4 bridgehead atoms. The van der Waals surface area contributed by atoms with Crippen LogP contribution in [0.1, 0.15) is 56.9 Å². The molecule has 5 fully saturated rings. The Morgan fingerprint density at radius 2 is 1.62 bits per heavy atom. The molecular formula is C28H33N3O3. The van der Waals surface area contributed by atoms with Crippen molar-refractivity contribution in [3.8, 4) is 0 Å². The van der Waals surface area contributed by atoms with Gasteiger partial charge in [-0.15, -0.1) is 0 Å². The predicted octanol–water partition coefficient (Wildman–Crippen LogP) is 4.04. The molecule has 1 N–H and O–H groups in total. The summed E-state index contributed by atoms with van der Waals surface area (Å²) in [5.41, 5.74) is 1.48. The van der Waals surface area contributed by atoms with E-state index >= 15 is 0 Å². The molecule has 0 spiro atoms. The second-order valence-electron chi connectivity index (χ2n) is 11.2. The third-order valence-electron chi connectivity index (χ3n) is 8.78. The maximum Gasteiger partial charge on any atom is 0.250 e. The van der Waals surface area contributed by atoms with Crippen molar-refractivity contribution in [2.75, 3.05) is 11.9 Å². The van der Waals surface area contributed by atoms with Gasteiger partial charge < -0.3 is 14.8 Å². The largest absolute Gasteiger partial charge is 0.330 e. The van der Waals surface area contributed by atoms with Gasteiger partial charge in [-0.3, -0.25) is 14.4 Å². The molecule has 2 aromatic rings. The first-order chi connectivity index (χ1) is 16.5. The van der Waals surface area contributed by atoms with Crippen LogP contribution in [-0.2, 0) is 16.1 Å². The minimum Gasteiger partial charge on any atom is -0.330 e. The average Bonchev–Trinajstić information content (AvgIpc) is 3.30. The molecule has 34 heavy (non-hydrogen) atoms. The Morgan fingerprint density at radius 3 is 2.26 bits per heavy atom. The summed E-state index contributed by atoms with van der Waals surface area (Å²) < 4.78 is 1.65. The second-order valence-corrected chi connectivity index (χ2v) is 11.2. The summed E-state index contributed by atoms with van der Waals surface area (Å²) >= 11 is 0. The highest BCUT2D eigenvalue weighted by Gasteiger charge is 2.56. The highest BCUT2D eigenvalue weighted by Crippen LogP contribution is 2.60. The van der Waals surface area contributed by atoms with Crippen molar-refractivity contribution in [3.05, 3.63) is 64.6 Å². The summed E-state index contributed by atoms with van der Waals surface area (Å²) in [6.07, 6.45) is 10.4. The minimum atomic E-state index is -0.372. The van der Waals surface area contributed by atoms with E-state index in [-0.39, 0.29) is 28.8 Å². The maximum absolute atomic E-state index is 13.8. The lowest BCUT2D eigenvalue weighted by atomic mass is 9.49. The van der Waals surface area contributed by atoms with Crippen molar-refractivity contribution in [2.45, 2.75) is 64.0 Å². The number of rotatable bonds is 5. The van der Waals surface area contributed by atoms with Crippen molar-refractivity contribution in [1.82, 2.24) is 9.47 Å². The van der Waals surface area contributed by atoms with Gasteiger partial charge in [0.2, 0.25) is 11.8 Å². The Hall–Kier alpha value is -2.89. The first-order valence-electron chi connectivity index (χ1n) is 12.9. The van der Waals surface area contributed by atoms with Gasteiger partial charge in [-0.2, -0.15) is 0 Å². The number of carbonyl (C=O) groups excluding carboxylic acids is 2. The topological polar surface area (TPSA) is 71.4 Å². The Morgan fingerprint density at radius 1 is 0.941 bits per heavy atom. The van der Waals surface area contributed by atoms with Gasteiger partial charge in [-0.1, -0.05) is 18.2 Å². The van der Waals surface area contributed by atoms with E-state index in [2.05, 4.69) is 5.32 Å². The highest BCUT2D eigenvalue weighted by atomic mass is 16.2. The fourth-order valence-electron chi connectivity index (χ4n) is 7.67. The first-order valence-corrected chi connectivity index (χ1v) is 12.9. The van der Waals surface area contributed by atoms with Gasteiger partial charge in [0.1, 0.15) is 6.04 Å². The number of hydrogen-bond acceptors (Lipinski definition) is 3. The van der Waals surface area contributed by atoms with Crippen LogP contribution in [0.3, 0.4) is 0 Å². The van der Waals surface area contributed by atoms with Crippen molar-refractivity contribution in [2.24, 2.45) is 23.2 Å². The molecule has 178 valence electrons. The van der Waals surface area contributed by atoms with Crippen LogP contribution in [0.2, 0.25) is 0 Å². The number of nitrogens with one attached hydrogen (secondary N) is 1. The fourth-order valence-corrected chi connectivity index (χ4v) is 7.67. The highest BCUT2D eigenvalue weighted by molar-refractivity contribution is 5.98. The van der Waals surface area contributed by atoms with Crippen LogP contribution in [0.5, 0.6) is 0 Å². The van der Waals surface area contributed by atoms with E-state index in [0.29, 0.717) is 13.1 Å². The molecular weight excluding hydrogens is 426 g/mol. The van der Waals surface area contributed by atoms with Gasteiger partial charge in [-0.05, 0) is 92.9 Å². The Kier molecular flexibility index (Phi) is 5.34. The van der Waals surface area contributed by atoms with E-state index in [1.807, 2.05) is 35.2 Å². The van der Waals surface area contributed by atoms with E-state index in [4.69, 9.17) is 0 Å². The van der Waals surface area contributed by atoms with Crippen LogP contribution in [-0.4, -0.2) is 33.9 Å². The minimum absolute atomic E-state index is 0.0371. The molecule has 7 rings (SSSR count). The van der Waals surface area contributed by atoms with Crippen molar-refractivity contribution >= 4 is 17.5 Å². The summed E-state index contributed by atoms with van der Waals surface area (Å²) in [6.45, 7) is 1.19. The van der Waals surface area contributed by atoms with Crippen LogP contribution in [0.4, 0.5) is 5.69 Å². The second kappa shape index (κ2) is 8.40. The van der Waals surface area contributed by atoms with Crippen LogP contribution in [0.15, 0.2) is 53.5 Å². The Bertz CT molecular complexity index is 1120. The van der Waals surface area contributed by atoms with Crippen molar-refractivity contribution < 1.29 is 9.59 Å². The third kappa shape index (κ3) is 3.87. The fraction of sp³-hybridized carbons (Fsp3) is 0.536. The third-order valence-corrected chi connectivity index (χ3v) is 8.78. The summed E-state index contributed by atoms with van der Waals surface area (Å²) in [5, 5.41) is 3.04. The van der Waals surface area contributed by atoms with Crippen LogP contribution in [0, 0.1) is 23.2 Å². The zero-order valence-electron chi connectivity index (χ0n) is 19.6. The molecule has 6 nitrogen and oxygen atoms in total. The van der Waals surface area contributed by atoms with Gasteiger partial charge in [0.25, 0.3) is 5.56 Å². The number of aromatic nitrogens is 1. The summed E-state index contributed by atoms with van der Waals surface area (Å²) in [6, 6.07) is 12.4. The molecule has 4 aliphatic carbocycles. The Balaban J connectivity index is 1.12. The number of carbonyl (C=O) groups is 2. The standard InChI is InChI=1S/C28H33N3O3/c32-25-5-1-2-10-30(25)18-19-6-8-23(9-7-19)29-26(33)24-4-3-11-31(24)27(34)28-15-20-12-21(16-28)14-22(13-20)17-28/h1-2,5-10,20-22,24H,3-4,11-18H2,(H,29,33). The molecule has 4 saturated carbocycles. The van der Waals surface area contributed by atoms with E-state index in [9.17, 15) is 14.4 Å². The smallest absolute Gasteiger partial charge is 0.250 e. The molecule has 1 aliphatic heterocycles. The summed E-state index contributed by atoms with van der Waals surface area (Å²) in [5.74, 6) is 2.33. The molecule has 6 heteroatoms. The predicted molar refractivity (Wildman–Crippen MR) is 130 cm³/mol. The number of anilines is 1. The number of likely N-dealkylation sites (tertiary alicyclic amines) is 1. The number of hydrogen-bond donors (Lipinski definition) is 1. The van der Waals surface area contributed by atoms with Crippen LogP contribution >= 0.6 is 0 Å². The molecule has 1 unspecified atom stereocenters. The number of pyridine rings is 1.